The van der Waals surface area contributed by atoms with Crippen LogP contribution in [0.1, 0.15) is 6.92 Å². The second kappa shape index (κ2) is 6.51. The summed E-state index contributed by atoms with van der Waals surface area (Å²) in [5.41, 5.74) is 5.61. The smallest absolute Gasteiger partial charge is 0.243 e. The molecule has 0 radical (unpaired) electrons. The summed E-state index contributed by atoms with van der Waals surface area (Å²) in [5, 5.41) is 1.90. The van der Waals surface area contributed by atoms with Gasteiger partial charge in [-0.05, 0) is 29.8 Å². The lowest BCUT2D eigenvalue weighted by molar-refractivity contribution is -0.133. The predicted molar refractivity (Wildman–Crippen MR) is 92.9 cm³/mol. The lowest BCUT2D eigenvalue weighted by atomic mass is 10.1. The third kappa shape index (κ3) is 3.15. The summed E-state index contributed by atoms with van der Waals surface area (Å²) in [6.45, 7) is 2.95. The molecule has 2 aromatic carbocycles. The van der Waals surface area contributed by atoms with Crippen LogP contribution in [0, 0.1) is 0 Å². The van der Waals surface area contributed by atoms with Gasteiger partial charge in [0, 0.05) is 26.2 Å². The van der Waals surface area contributed by atoms with E-state index in [0.29, 0.717) is 13.1 Å². The number of sulfonamides is 1. The van der Waals surface area contributed by atoms with Crippen molar-refractivity contribution in [1.29, 1.82) is 0 Å². The summed E-state index contributed by atoms with van der Waals surface area (Å²) >= 11 is 0. The van der Waals surface area contributed by atoms with Gasteiger partial charge in [-0.1, -0.05) is 30.3 Å². The molecule has 0 bridgehead atoms. The molecule has 1 amide bonds. The number of amides is 1. The minimum atomic E-state index is -3.56. The van der Waals surface area contributed by atoms with E-state index in [0.717, 1.165) is 10.8 Å². The van der Waals surface area contributed by atoms with Gasteiger partial charge in [-0.2, -0.15) is 4.31 Å². The number of benzene rings is 2. The number of nitrogens with zero attached hydrogens (tertiary/aromatic N) is 2. The maximum Gasteiger partial charge on any atom is 0.243 e. The van der Waals surface area contributed by atoms with Crippen molar-refractivity contribution in [3.05, 3.63) is 42.5 Å². The lowest BCUT2D eigenvalue weighted by Crippen LogP contribution is -2.53. The summed E-state index contributed by atoms with van der Waals surface area (Å²) in [5.74, 6) is -0.141. The van der Waals surface area contributed by atoms with E-state index in [9.17, 15) is 13.2 Å². The zero-order chi connectivity index (χ0) is 17.3. The molecule has 6 nitrogen and oxygen atoms in total. The first-order valence-corrected chi connectivity index (χ1v) is 9.37. The summed E-state index contributed by atoms with van der Waals surface area (Å²) < 4.78 is 27.1. The van der Waals surface area contributed by atoms with Gasteiger partial charge in [0.15, 0.2) is 0 Å². The third-order valence-electron chi connectivity index (χ3n) is 4.30. The molecule has 1 atom stereocenters. The normalized spacial score (nSPS) is 17.8. The Morgan fingerprint density at radius 3 is 2.29 bits per heavy atom. The molecule has 1 heterocycles. The third-order valence-corrected chi connectivity index (χ3v) is 6.19. The predicted octanol–water partition coefficient (Wildman–Crippen LogP) is 1.02. The Hall–Kier alpha value is -1.96. The molecule has 7 heteroatoms. The number of fused-ring (bicyclic) bond motifs is 1. The number of rotatable bonds is 3. The van der Waals surface area contributed by atoms with Crippen LogP contribution in [0.2, 0.25) is 0 Å². The van der Waals surface area contributed by atoms with E-state index in [1.165, 1.54) is 4.31 Å². The van der Waals surface area contributed by atoms with Crippen LogP contribution in [0.5, 0.6) is 0 Å². The van der Waals surface area contributed by atoms with Gasteiger partial charge in [-0.3, -0.25) is 4.79 Å². The first kappa shape index (κ1) is 16.9. The first-order valence-electron chi connectivity index (χ1n) is 7.93. The maximum absolute atomic E-state index is 12.8. The summed E-state index contributed by atoms with van der Waals surface area (Å²) in [7, 11) is -3.56. The number of piperazine rings is 1. The van der Waals surface area contributed by atoms with Gasteiger partial charge in [0.25, 0.3) is 0 Å². The van der Waals surface area contributed by atoms with Gasteiger partial charge in [0.2, 0.25) is 15.9 Å². The van der Waals surface area contributed by atoms with E-state index < -0.39 is 16.1 Å². The molecule has 0 aromatic heterocycles. The van der Waals surface area contributed by atoms with Gasteiger partial charge in [-0.15, -0.1) is 0 Å². The van der Waals surface area contributed by atoms with Crippen molar-refractivity contribution >= 4 is 26.7 Å². The molecule has 2 aromatic rings. The standard InChI is InChI=1S/C17H21N3O3S/c1-13(18)17(21)19-8-10-20(11-9-19)24(22,23)16-7-6-14-4-2-3-5-15(14)12-16/h2-7,12-13H,8-11,18H2,1H3. The van der Waals surface area contributed by atoms with E-state index in [-0.39, 0.29) is 23.9 Å². The highest BCUT2D eigenvalue weighted by Crippen LogP contribution is 2.22. The minimum absolute atomic E-state index is 0.141. The SMILES string of the molecule is CC(N)C(=O)N1CCN(S(=O)(=O)c2ccc3ccccc3c2)CC1. The van der Waals surface area contributed by atoms with E-state index in [1.807, 2.05) is 30.3 Å². The largest absolute Gasteiger partial charge is 0.339 e. The van der Waals surface area contributed by atoms with Gasteiger partial charge in [0.05, 0.1) is 10.9 Å². The molecule has 1 unspecified atom stereocenters. The van der Waals surface area contributed by atoms with Gasteiger partial charge >= 0.3 is 0 Å². The van der Waals surface area contributed by atoms with Crippen LogP contribution in [0.3, 0.4) is 0 Å². The van der Waals surface area contributed by atoms with Crippen LogP contribution in [-0.4, -0.2) is 55.8 Å². The molecule has 0 saturated carbocycles. The molecule has 0 aliphatic carbocycles. The van der Waals surface area contributed by atoms with Crippen molar-refractivity contribution in [1.82, 2.24) is 9.21 Å². The Bertz CT molecular complexity index is 856. The van der Waals surface area contributed by atoms with Crippen molar-refractivity contribution in [2.75, 3.05) is 26.2 Å². The van der Waals surface area contributed by atoms with Gasteiger partial charge < -0.3 is 10.6 Å². The topological polar surface area (TPSA) is 83.7 Å². The molecule has 0 spiro atoms. The maximum atomic E-state index is 12.8. The van der Waals surface area contributed by atoms with E-state index in [1.54, 1.807) is 24.0 Å². The zero-order valence-corrected chi connectivity index (χ0v) is 14.4. The Kier molecular flexibility index (Phi) is 4.58. The van der Waals surface area contributed by atoms with Crippen molar-refractivity contribution < 1.29 is 13.2 Å². The number of hydrogen-bond acceptors (Lipinski definition) is 4. The Morgan fingerprint density at radius 1 is 1.04 bits per heavy atom. The van der Waals surface area contributed by atoms with Crippen molar-refractivity contribution in [2.45, 2.75) is 17.9 Å². The highest BCUT2D eigenvalue weighted by molar-refractivity contribution is 7.89. The van der Waals surface area contributed by atoms with Crippen LogP contribution < -0.4 is 5.73 Å². The second-order valence-corrected chi connectivity index (χ2v) is 7.96. The first-order chi connectivity index (χ1) is 11.4. The molecule has 2 N–H and O–H groups in total. The summed E-state index contributed by atoms with van der Waals surface area (Å²) in [6.07, 6.45) is 0. The summed E-state index contributed by atoms with van der Waals surface area (Å²) in [6, 6.07) is 12.2. The van der Waals surface area contributed by atoms with Crippen molar-refractivity contribution in [3.63, 3.8) is 0 Å². The van der Waals surface area contributed by atoms with Crippen LogP contribution in [0.4, 0.5) is 0 Å². The van der Waals surface area contributed by atoms with Crippen LogP contribution in [-0.2, 0) is 14.8 Å². The van der Waals surface area contributed by atoms with Crippen molar-refractivity contribution in [2.24, 2.45) is 5.73 Å². The van der Waals surface area contributed by atoms with E-state index in [2.05, 4.69) is 0 Å². The molecule has 1 aliphatic rings. The van der Waals surface area contributed by atoms with Crippen LogP contribution in [0.15, 0.2) is 47.4 Å². The zero-order valence-electron chi connectivity index (χ0n) is 13.6. The average molecular weight is 347 g/mol. The Labute approximate surface area is 141 Å². The number of hydrogen-bond donors (Lipinski definition) is 1. The Morgan fingerprint density at radius 2 is 1.67 bits per heavy atom. The fourth-order valence-electron chi connectivity index (χ4n) is 2.91. The molecule has 3 rings (SSSR count). The molecule has 24 heavy (non-hydrogen) atoms. The number of nitrogens with two attached hydrogens (primary N) is 1. The molecular weight excluding hydrogens is 326 g/mol. The highest BCUT2D eigenvalue weighted by atomic mass is 32.2. The monoisotopic (exact) mass is 347 g/mol. The molecule has 128 valence electrons. The van der Waals surface area contributed by atoms with Crippen molar-refractivity contribution in [3.8, 4) is 0 Å². The number of carbonyl (C=O) groups excluding carboxylic acids is 1. The fourth-order valence-corrected chi connectivity index (χ4v) is 4.37. The molecular formula is C17H21N3O3S. The molecule has 1 saturated heterocycles. The summed E-state index contributed by atoms with van der Waals surface area (Å²) in [4.78, 5) is 13.8. The number of carbonyl (C=O) groups is 1. The van der Waals surface area contributed by atoms with Gasteiger partial charge in [-0.25, -0.2) is 8.42 Å². The molecule has 1 fully saturated rings. The minimum Gasteiger partial charge on any atom is -0.339 e. The average Bonchev–Trinajstić information content (AvgIpc) is 2.60. The second-order valence-electron chi connectivity index (χ2n) is 6.03. The van der Waals surface area contributed by atoms with Crippen LogP contribution >= 0.6 is 0 Å². The lowest BCUT2D eigenvalue weighted by Gasteiger charge is -2.34. The van der Waals surface area contributed by atoms with Gasteiger partial charge in [0.1, 0.15) is 0 Å². The molecule has 1 aliphatic heterocycles. The Balaban J connectivity index is 1.79. The van der Waals surface area contributed by atoms with E-state index >= 15 is 0 Å². The van der Waals surface area contributed by atoms with E-state index in [4.69, 9.17) is 5.73 Å². The fraction of sp³-hybridized carbons (Fsp3) is 0.353. The van der Waals surface area contributed by atoms with Crippen LogP contribution in [0.25, 0.3) is 10.8 Å². The highest BCUT2D eigenvalue weighted by Gasteiger charge is 2.30. The quantitative estimate of drug-likeness (QED) is 0.898.